The molecule has 0 saturated carbocycles. The molecule has 2 N–H and O–H groups in total. The van der Waals surface area contributed by atoms with Crippen LogP contribution in [-0.2, 0) is 19.1 Å². The minimum atomic E-state index is -0.636. The zero-order valence-electron chi connectivity index (χ0n) is 15.4. The van der Waals surface area contributed by atoms with E-state index in [-0.39, 0.29) is 18.7 Å². The minimum absolute atomic E-state index is 0.0636. The zero-order valence-corrected chi connectivity index (χ0v) is 16.1. The molecule has 0 atom stereocenters. The average Bonchev–Trinajstić information content (AvgIpc) is 2.66. The van der Waals surface area contributed by atoms with Gasteiger partial charge in [0, 0.05) is 22.8 Å². The van der Waals surface area contributed by atoms with Crippen molar-refractivity contribution in [3.63, 3.8) is 0 Å². The molecule has 0 unspecified atom stereocenters. The Morgan fingerprint density at radius 1 is 0.929 bits per heavy atom. The van der Waals surface area contributed by atoms with E-state index in [9.17, 15) is 14.4 Å². The summed E-state index contributed by atoms with van der Waals surface area (Å²) in [6, 6.07) is 13.5. The lowest BCUT2D eigenvalue weighted by Gasteiger charge is -2.08. The van der Waals surface area contributed by atoms with E-state index in [1.807, 2.05) is 6.92 Å². The Morgan fingerprint density at radius 3 is 2.32 bits per heavy atom. The Bertz CT molecular complexity index is 824. The third-order valence-electron chi connectivity index (χ3n) is 3.48. The first kappa shape index (κ1) is 21.2. The standard InChI is InChI=1S/C20H21ClN2O5/c1-2-27-17-8-6-15(7-9-17)22-19(25)13-28-20(26)11-10-18(24)23-16-5-3-4-14(21)12-16/h3-9,12H,2,10-11,13H2,1H3,(H,22,25)(H,23,24). The van der Waals surface area contributed by atoms with Gasteiger partial charge in [-0.05, 0) is 49.4 Å². The van der Waals surface area contributed by atoms with E-state index < -0.39 is 18.5 Å². The lowest BCUT2D eigenvalue weighted by atomic mass is 10.2. The topological polar surface area (TPSA) is 93.7 Å². The van der Waals surface area contributed by atoms with Crippen molar-refractivity contribution >= 4 is 40.8 Å². The van der Waals surface area contributed by atoms with Gasteiger partial charge in [-0.15, -0.1) is 0 Å². The molecular formula is C20H21ClN2O5. The van der Waals surface area contributed by atoms with Crippen LogP contribution >= 0.6 is 11.6 Å². The lowest BCUT2D eigenvalue weighted by Crippen LogP contribution is -2.21. The summed E-state index contributed by atoms with van der Waals surface area (Å²) < 4.78 is 10.2. The normalized spacial score (nSPS) is 10.1. The first-order valence-electron chi connectivity index (χ1n) is 8.70. The summed E-state index contributed by atoms with van der Waals surface area (Å²) in [5.74, 6) is -0.759. The van der Waals surface area contributed by atoms with Crippen molar-refractivity contribution in [3.05, 3.63) is 53.6 Å². The predicted octanol–water partition coefficient (Wildman–Crippen LogP) is 3.64. The van der Waals surface area contributed by atoms with Crippen molar-refractivity contribution in [3.8, 4) is 5.75 Å². The molecule has 28 heavy (non-hydrogen) atoms. The number of rotatable bonds is 9. The highest BCUT2D eigenvalue weighted by atomic mass is 35.5. The minimum Gasteiger partial charge on any atom is -0.494 e. The second-order valence-electron chi connectivity index (χ2n) is 5.72. The molecule has 2 aromatic rings. The molecule has 148 valence electrons. The number of amides is 2. The quantitative estimate of drug-likeness (QED) is 0.622. The third-order valence-corrected chi connectivity index (χ3v) is 3.71. The van der Waals surface area contributed by atoms with E-state index in [1.165, 1.54) is 0 Å². The highest BCUT2D eigenvalue weighted by Crippen LogP contribution is 2.16. The summed E-state index contributed by atoms with van der Waals surface area (Å²) in [5, 5.41) is 5.73. The number of anilines is 2. The molecule has 0 aromatic heterocycles. The van der Waals surface area contributed by atoms with E-state index in [0.29, 0.717) is 28.8 Å². The molecule has 0 heterocycles. The predicted molar refractivity (Wildman–Crippen MR) is 107 cm³/mol. The number of hydrogen-bond donors (Lipinski definition) is 2. The largest absolute Gasteiger partial charge is 0.494 e. The van der Waals surface area contributed by atoms with Gasteiger partial charge in [0.15, 0.2) is 6.61 Å². The number of hydrogen-bond acceptors (Lipinski definition) is 5. The van der Waals surface area contributed by atoms with Gasteiger partial charge < -0.3 is 20.1 Å². The fourth-order valence-corrected chi connectivity index (χ4v) is 2.41. The molecule has 0 saturated heterocycles. The number of carbonyl (C=O) groups excluding carboxylic acids is 3. The summed E-state index contributed by atoms with van der Waals surface area (Å²) in [6.07, 6.45) is -0.200. The molecule has 0 bridgehead atoms. The van der Waals surface area contributed by atoms with Gasteiger partial charge in [-0.1, -0.05) is 17.7 Å². The summed E-state index contributed by atoms with van der Waals surface area (Å²) >= 11 is 5.84. The van der Waals surface area contributed by atoms with Crippen LogP contribution in [-0.4, -0.2) is 31.0 Å². The molecule has 8 heteroatoms. The molecule has 0 fully saturated rings. The van der Waals surface area contributed by atoms with E-state index >= 15 is 0 Å². The second kappa shape index (κ2) is 10.9. The van der Waals surface area contributed by atoms with Crippen LogP contribution in [0.2, 0.25) is 5.02 Å². The van der Waals surface area contributed by atoms with Crippen molar-refractivity contribution in [1.29, 1.82) is 0 Å². The van der Waals surface area contributed by atoms with Gasteiger partial charge in [0.2, 0.25) is 5.91 Å². The molecule has 0 radical (unpaired) electrons. The van der Waals surface area contributed by atoms with Crippen LogP contribution in [0.1, 0.15) is 19.8 Å². The molecule has 2 amide bonds. The van der Waals surface area contributed by atoms with Gasteiger partial charge in [0.05, 0.1) is 13.0 Å². The van der Waals surface area contributed by atoms with Gasteiger partial charge in [0.25, 0.3) is 5.91 Å². The fraction of sp³-hybridized carbons (Fsp3) is 0.250. The van der Waals surface area contributed by atoms with Crippen molar-refractivity contribution in [2.45, 2.75) is 19.8 Å². The van der Waals surface area contributed by atoms with Crippen molar-refractivity contribution < 1.29 is 23.9 Å². The van der Waals surface area contributed by atoms with Crippen molar-refractivity contribution in [2.75, 3.05) is 23.8 Å². The van der Waals surface area contributed by atoms with E-state index in [1.54, 1.807) is 48.5 Å². The third kappa shape index (κ3) is 7.67. The molecule has 2 aromatic carbocycles. The highest BCUT2D eigenvalue weighted by Gasteiger charge is 2.11. The maximum absolute atomic E-state index is 11.8. The van der Waals surface area contributed by atoms with E-state index in [0.717, 1.165) is 0 Å². The summed E-state index contributed by atoms with van der Waals surface area (Å²) in [5.41, 5.74) is 1.10. The Balaban J connectivity index is 1.67. The van der Waals surface area contributed by atoms with Gasteiger partial charge in [0.1, 0.15) is 5.75 Å². The first-order chi connectivity index (χ1) is 13.5. The molecule has 0 aliphatic carbocycles. The van der Waals surface area contributed by atoms with Crippen LogP contribution < -0.4 is 15.4 Å². The molecular weight excluding hydrogens is 384 g/mol. The Labute approximate surface area is 168 Å². The van der Waals surface area contributed by atoms with E-state index in [2.05, 4.69) is 10.6 Å². The Hall–Kier alpha value is -3.06. The van der Waals surface area contributed by atoms with Gasteiger partial charge in [-0.25, -0.2) is 0 Å². The number of esters is 1. The maximum Gasteiger partial charge on any atom is 0.306 e. The van der Waals surface area contributed by atoms with Crippen molar-refractivity contribution in [2.24, 2.45) is 0 Å². The van der Waals surface area contributed by atoms with E-state index in [4.69, 9.17) is 21.1 Å². The molecule has 0 aliphatic rings. The number of benzene rings is 2. The number of ether oxygens (including phenoxy) is 2. The van der Waals surface area contributed by atoms with Crippen LogP contribution in [0.15, 0.2) is 48.5 Å². The average molecular weight is 405 g/mol. The van der Waals surface area contributed by atoms with Gasteiger partial charge >= 0.3 is 5.97 Å². The van der Waals surface area contributed by atoms with Crippen LogP contribution in [0.3, 0.4) is 0 Å². The number of carbonyl (C=O) groups is 3. The summed E-state index contributed by atoms with van der Waals surface area (Å²) in [6.45, 7) is 2.01. The van der Waals surface area contributed by atoms with Crippen LogP contribution in [0.25, 0.3) is 0 Å². The summed E-state index contributed by atoms with van der Waals surface area (Å²) in [4.78, 5) is 35.4. The summed E-state index contributed by atoms with van der Waals surface area (Å²) in [7, 11) is 0. The van der Waals surface area contributed by atoms with Gasteiger partial charge in [-0.2, -0.15) is 0 Å². The van der Waals surface area contributed by atoms with Crippen molar-refractivity contribution in [1.82, 2.24) is 0 Å². The second-order valence-corrected chi connectivity index (χ2v) is 6.16. The van der Waals surface area contributed by atoms with Crippen LogP contribution in [0, 0.1) is 0 Å². The zero-order chi connectivity index (χ0) is 20.4. The fourth-order valence-electron chi connectivity index (χ4n) is 2.22. The molecule has 0 spiro atoms. The Kier molecular flexibility index (Phi) is 8.30. The highest BCUT2D eigenvalue weighted by molar-refractivity contribution is 6.30. The number of nitrogens with one attached hydrogen (secondary N) is 2. The SMILES string of the molecule is CCOc1ccc(NC(=O)COC(=O)CCC(=O)Nc2cccc(Cl)c2)cc1. The lowest BCUT2D eigenvalue weighted by molar-refractivity contribution is -0.147. The smallest absolute Gasteiger partial charge is 0.306 e. The maximum atomic E-state index is 11.8. The first-order valence-corrected chi connectivity index (χ1v) is 9.08. The monoisotopic (exact) mass is 404 g/mol. The van der Waals surface area contributed by atoms with Crippen LogP contribution in [0.5, 0.6) is 5.75 Å². The molecule has 0 aliphatic heterocycles. The Morgan fingerprint density at radius 2 is 1.64 bits per heavy atom. The molecule has 7 nitrogen and oxygen atoms in total. The molecule has 2 rings (SSSR count). The number of halogens is 1. The van der Waals surface area contributed by atoms with Gasteiger partial charge in [-0.3, -0.25) is 14.4 Å². The van der Waals surface area contributed by atoms with Crippen LogP contribution in [0.4, 0.5) is 11.4 Å².